The first-order chi connectivity index (χ1) is 47.6. The van der Waals surface area contributed by atoms with Gasteiger partial charge in [-0.15, -0.1) is 0 Å². The summed E-state index contributed by atoms with van der Waals surface area (Å²) in [6.45, 7) is 4.69. The number of carboxylic acid groups (broad SMARTS) is 1. The minimum absolute atomic E-state index is 0.182. The number of esters is 2. The smallest absolute Gasteiger partial charge is 0.361 e. The van der Waals surface area contributed by atoms with E-state index in [4.69, 9.17) is 18.9 Å². The minimum Gasteiger partial charge on any atom is -0.477 e. The highest BCUT2D eigenvalue weighted by Gasteiger charge is 2.25. The zero-order valence-corrected chi connectivity index (χ0v) is 64.0. The van der Waals surface area contributed by atoms with Crippen molar-refractivity contribution in [3.63, 3.8) is 0 Å². The Kier molecular flexibility index (Phi) is 74.0. The second kappa shape index (κ2) is 77.4. The van der Waals surface area contributed by atoms with Crippen LogP contribution in [0.2, 0.25) is 0 Å². The van der Waals surface area contributed by atoms with Crippen molar-refractivity contribution in [2.45, 2.75) is 373 Å². The molecule has 0 aromatic heterocycles. The van der Waals surface area contributed by atoms with Crippen molar-refractivity contribution in [2.75, 3.05) is 47.5 Å². The van der Waals surface area contributed by atoms with E-state index < -0.39 is 24.3 Å². The lowest BCUT2D eigenvalue weighted by Gasteiger charge is -2.25. The highest BCUT2D eigenvalue weighted by Crippen LogP contribution is 2.19. The first-order valence-electron chi connectivity index (χ1n) is 40.7. The van der Waals surface area contributed by atoms with E-state index in [0.717, 1.165) is 103 Å². The van der Waals surface area contributed by atoms with Gasteiger partial charge < -0.3 is 28.5 Å². The Morgan fingerprint density at radius 3 is 0.825 bits per heavy atom. The molecule has 97 heavy (non-hydrogen) atoms. The lowest BCUT2D eigenvalue weighted by atomic mass is 10.0. The van der Waals surface area contributed by atoms with Gasteiger partial charge in [0.1, 0.15) is 13.2 Å². The van der Waals surface area contributed by atoms with Crippen LogP contribution in [0.15, 0.2) is 122 Å². The third-order valence-electron chi connectivity index (χ3n) is 17.7. The van der Waals surface area contributed by atoms with Gasteiger partial charge in [-0.2, -0.15) is 0 Å². The average molecular weight is 1350 g/mol. The fourth-order valence-electron chi connectivity index (χ4n) is 11.6. The van der Waals surface area contributed by atoms with Gasteiger partial charge >= 0.3 is 17.9 Å². The number of nitrogens with zero attached hydrogens (tertiary/aromatic N) is 1. The van der Waals surface area contributed by atoms with Gasteiger partial charge in [-0.25, -0.2) is 4.79 Å². The number of quaternary nitrogens is 1. The van der Waals surface area contributed by atoms with E-state index in [0.29, 0.717) is 17.4 Å². The van der Waals surface area contributed by atoms with Gasteiger partial charge in [0.15, 0.2) is 6.10 Å². The zero-order valence-electron chi connectivity index (χ0n) is 64.0. The first kappa shape index (κ1) is 92.7. The number of ether oxygens (including phenoxy) is 4. The number of carbonyl (C=O) groups excluding carboxylic acids is 2. The molecule has 2 atom stereocenters. The molecule has 0 aliphatic heterocycles. The summed E-state index contributed by atoms with van der Waals surface area (Å²) >= 11 is 0. The Bertz CT molecular complexity index is 2020. The number of rotatable bonds is 75. The largest absolute Gasteiger partial charge is 0.477 e. The molecular weight excluding hydrogens is 1200 g/mol. The van der Waals surface area contributed by atoms with Crippen molar-refractivity contribution >= 4 is 17.9 Å². The monoisotopic (exact) mass is 1350 g/mol. The summed E-state index contributed by atoms with van der Waals surface area (Å²) in [4.78, 5) is 37.8. The molecule has 9 nitrogen and oxygen atoms in total. The maximum Gasteiger partial charge on any atom is 0.361 e. The van der Waals surface area contributed by atoms with Gasteiger partial charge in [-0.1, -0.05) is 367 Å². The van der Waals surface area contributed by atoms with Crippen LogP contribution >= 0.6 is 0 Å². The van der Waals surface area contributed by atoms with Gasteiger partial charge in [0.2, 0.25) is 0 Å². The molecule has 0 aromatic rings. The van der Waals surface area contributed by atoms with E-state index in [2.05, 4.69) is 135 Å². The highest BCUT2D eigenvalue weighted by atomic mass is 16.7. The number of carbonyl (C=O) groups is 3. The van der Waals surface area contributed by atoms with Crippen LogP contribution in [-0.4, -0.2) is 87.4 Å². The highest BCUT2D eigenvalue weighted by molar-refractivity contribution is 5.71. The van der Waals surface area contributed by atoms with Crippen LogP contribution < -0.4 is 0 Å². The van der Waals surface area contributed by atoms with E-state index in [1.165, 1.54) is 231 Å². The predicted molar refractivity (Wildman–Crippen MR) is 419 cm³/mol. The standard InChI is InChI=1S/C88H153NO8/c1-6-8-10-12-14-16-18-20-22-24-26-28-30-32-34-36-38-40-42-43-45-46-48-50-52-54-56-58-60-62-64-66-68-70-72-74-76-78-85(90)95-82-84(83-96-88(87(92)93)94-81-80-89(3,4)5)97-86(91)79-77-75-73-71-69-67-65-63-61-59-57-55-53-51-49-47-44-41-39-37-35-33-31-29-27-25-23-21-19-17-15-13-11-9-7-2/h8-11,14-17,20-23,26-29,33,35,39,41,84,88H,6-7,12-13,18-19,24-25,30-32,34,36-38,40,42-83H2,1-5H3/p+1/b10-8-,11-9-,16-14-,17-15-,22-20-,23-21-,28-26-,29-27-,35-33-,41-39-. The molecule has 0 aromatic carbocycles. The van der Waals surface area contributed by atoms with E-state index >= 15 is 0 Å². The van der Waals surface area contributed by atoms with Gasteiger partial charge in [0.05, 0.1) is 34.4 Å². The lowest BCUT2D eigenvalue weighted by molar-refractivity contribution is -0.870. The fourth-order valence-corrected chi connectivity index (χ4v) is 11.6. The summed E-state index contributed by atoms with van der Waals surface area (Å²) in [6, 6.07) is 0. The summed E-state index contributed by atoms with van der Waals surface area (Å²) in [5.74, 6) is -1.99. The average Bonchev–Trinajstić information content (AvgIpc) is 3.74. The summed E-state index contributed by atoms with van der Waals surface area (Å²) in [5.41, 5.74) is 0. The molecule has 2 unspecified atom stereocenters. The molecule has 558 valence electrons. The Labute approximate surface area is 599 Å². The quantitative estimate of drug-likeness (QED) is 0.0211. The van der Waals surface area contributed by atoms with Crippen LogP contribution in [0.4, 0.5) is 0 Å². The van der Waals surface area contributed by atoms with E-state index in [-0.39, 0.29) is 32.2 Å². The number of allylic oxidation sites excluding steroid dienone is 20. The molecule has 0 saturated carbocycles. The van der Waals surface area contributed by atoms with Crippen molar-refractivity contribution < 1.29 is 42.9 Å². The van der Waals surface area contributed by atoms with E-state index in [9.17, 15) is 19.5 Å². The van der Waals surface area contributed by atoms with Gasteiger partial charge in [-0.05, 0) is 103 Å². The Morgan fingerprint density at radius 1 is 0.309 bits per heavy atom. The maximum absolute atomic E-state index is 13.0. The topological polar surface area (TPSA) is 108 Å². The fraction of sp³-hybridized carbons (Fsp3) is 0.739. The second-order valence-corrected chi connectivity index (χ2v) is 28.3. The molecule has 0 heterocycles. The van der Waals surface area contributed by atoms with Crippen molar-refractivity contribution in [1.82, 2.24) is 0 Å². The Hall–Kier alpha value is -4.31. The number of aliphatic carboxylic acids is 1. The number of likely N-dealkylation sites (N-methyl/N-ethyl adjacent to an activating group) is 1. The summed E-state index contributed by atoms with van der Waals surface area (Å²) in [5, 5.41) is 9.78. The van der Waals surface area contributed by atoms with Crippen LogP contribution in [-0.2, 0) is 33.3 Å². The van der Waals surface area contributed by atoms with Crippen molar-refractivity contribution in [3.8, 4) is 0 Å². The van der Waals surface area contributed by atoms with E-state index in [1.807, 2.05) is 21.1 Å². The molecule has 0 spiro atoms. The Balaban J connectivity index is 3.99. The molecule has 0 radical (unpaired) electrons. The minimum atomic E-state index is -1.51. The summed E-state index contributed by atoms with van der Waals surface area (Å²) in [6.07, 6.45) is 108. The molecule has 0 aliphatic carbocycles. The number of carboxylic acids is 1. The number of unbranched alkanes of at least 4 members (excludes halogenated alkanes) is 40. The normalized spacial score (nSPS) is 13.3. The van der Waals surface area contributed by atoms with Crippen LogP contribution in [0.25, 0.3) is 0 Å². The zero-order chi connectivity index (χ0) is 70.4. The molecule has 0 rings (SSSR count). The molecule has 1 N–H and O–H groups in total. The first-order valence-corrected chi connectivity index (χ1v) is 40.7. The van der Waals surface area contributed by atoms with Gasteiger partial charge in [0.25, 0.3) is 6.29 Å². The summed E-state index contributed by atoms with van der Waals surface area (Å²) in [7, 11) is 5.99. The van der Waals surface area contributed by atoms with Crippen molar-refractivity contribution in [2.24, 2.45) is 0 Å². The molecule has 0 bridgehead atoms. The molecular formula is C88H154NO8+. The number of hydrogen-bond donors (Lipinski definition) is 1. The van der Waals surface area contributed by atoms with Crippen molar-refractivity contribution in [1.29, 1.82) is 0 Å². The molecule has 9 heteroatoms. The third kappa shape index (κ3) is 78.9. The summed E-state index contributed by atoms with van der Waals surface area (Å²) < 4.78 is 23.1. The van der Waals surface area contributed by atoms with Crippen LogP contribution in [0.1, 0.15) is 361 Å². The van der Waals surface area contributed by atoms with Crippen LogP contribution in [0.5, 0.6) is 0 Å². The van der Waals surface area contributed by atoms with Crippen molar-refractivity contribution in [3.05, 3.63) is 122 Å². The van der Waals surface area contributed by atoms with Crippen LogP contribution in [0.3, 0.4) is 0 Å². The lowest BCUT2D eigenvalue weighted by Crippen LogP contribution is -2.40. The van der Waals surface area contributed by atoms with Gasteiger partial charge in [0, 0.05) is 12.8 Å². The van der Waals surface area contributed by atoms with Crippen LogP contribution in [0, 0.1) is 0 Å². The maximum atomic E-state index is 13.0. The molecule has 0 amide bonds. The molecule has 0 fully saturated rings. The predicted octanol–water partition coefficient (Wildman–Crippen LogP) is 26.3. The Morgan fingerprint density at radius 2 is 0.557 bits per heavy atom. The SMILES string of the molecule is CC/C=C\C/C=C\C/C=C\C/C=C\C/C=C\C/C=C\CCCCCCCCCCCCCCCCCCC(=O)OC(COC(=O)CCCCCCCCCCCCCCCCCCCCCCCCCC/C=C\C/C=C\C/C=C\C/C=C\CC)COC(OCC[N+](C)(C)C)C(=O)O. The third-order valence-corrected chi connectivity index (χ3v) is 17.7. The van der Waals surface area contributed by atoms with Gasteiger partial charge in [-0.3, -0.25) is 9.59 Å². The molecule has 0 saturated heterocycles. The number of hydrogen-bond acceptors (Lipinski definition) is 7. The second-order valence-electron chi connectivity index (χ2n) is 28.3. The van der Waals surface area contributed by atoms with E-state index in [1.54, 1.807) is 0 Å². The molecule has 0 aliphatic rings.